The van der Waals surface area contributed by atoms with Crippen LogP contribution in [0.15, 0.2) is 34.9 Å². The molecule has 3 aromatic rings. The van der Waals surface area contributed by atoms with Gasteiger partial charge in [0.15, 0.2) is 5.58 Å². The fraction of sp³-hybridized carbons (Fsp3) is 0.450. The van der Waals surface area contributed by atoms with Crippen molar-refractivity contribution in [3.05, 3.63) is 47.5 Å². The van der Waals surface area contributed by atoms with E-state index in [2.05, 4.69) is 24.9 Å². The number of rotatable bonds is 5. The van der Waals surface area contributed by atoms with Crippen molar-refractivity contribution in [2.45, 2.75) is 31.7 Å². The van der Waals surface area contributed by atoms with Gasteiger partial charge in [-0.15, -0.1) is 0 Å². The third kappa shape index (κ3) is 3.44. The van der Waals surface area contributed by atoms with Crippen LogP contribution in [-0.4, -0.2) is 46.2 Å². The number of fused-ring (bicyclic) bond motifs is 1. The minimum absolute atomic E-state index is 0.164. The first kappa shape index (κ1) is 17.5. The van der Waals surface area contributed by atoms with Crippen molar-refractivity contribution in [1.82, 2.24) is 20.0 Å². The maximum Gasteiger partial charge on any atom is 0.280 e. The summed E-state index contributed by atoms with van der Waals surface area (Å²) in [4.78, 5) is 13.0. The third-order valence-corrected chi connectivity index (χ3v) is 5.44. The molecule has 0 unspecified atom stereocenters. The molecule has 8 heteroatoms. The van der Waals surface area contributed by atoms with E-state index in [0.717, 1.165) is 55.7 Å². The molecule has 1 aliphatic carbocycles. The molecule has 2 fully saturated rings. The molecule has 1 aromatic carbocycles. The second-order valence-corrected chi connectivity index (χ2v) is 7.47. The maximum atomic E-state index is 13.2. The number of hydrogen-bond acceptors (Lipinski definition) is 6. The Kier molecular flexibility index (Phi) is 4.43. The number of nitrogens with zero attached hydrogens (tertiary/aromatic N) is 5. The Bertz CT molecular complexity index is 959. The second-order valence-electron chi connectivity index (χ2n) is 7.47. The van der Waals surface area contributed by atoms with Gasteiger partial charge < -0.3 is 9.42 Å². The number of halogens is 2. The van der Waals surface area contributed by atoms with Crippen molar-refractivity contribution < 1.29 is 13.3 Å². The number of para-hydroxylation sites is 1. The van der Waals surface area contributed by atoms with Crippen molar-refractivity contribution in [3.8, 4) is 0 Å². The van der Waals surface area contributed by atoms with Crippen molar-refractivity contribution in [2.75, 3.05) is 31.1 Å². The lowest BCUT2D eigenvalue weighted by molar-refractivity contribution is 0.145. The Labute approximate surface area is 161 Å². The minimum Gasteiger partial charge on any atom is -0.356 e. The molecule has 0 amide bonds. The molecule has 28 heavy (non-hydrogen) atoms. The van der Waals surface area contributed by atoms with E-state index in [0.29, 0.717) is 18.2 Å². The number of benzene rings is 1. The summed E-state index contributed by atoms with van der Waals surface area (Å²) in [5.41, 5.74) is 1.56. The molecule has 0 N–H and O–H groups in total. The minimum atomic E-state index is -2.57. The van der Waals surface area contributed by atoms with Gasteiger partial charge in [0.1, 0.15) is 23.0 Å². The van der Waals surface area contributed by atoms with E-state index >= 15 is 0 Å². The third-order valence-electron chi connectivity index (χ3n) is 5.44. The van der Waals surface area contributed by atoms with E-state index in [9.17, 15) is 8.78 Å². The quantitative estimate of drug-likeness (QED) is 0.667. The van der Waals surface area contributed by atoms with Crippen LogP contribution >= 0.6 is 0 Å². The van der Waals surface area contributed by atoms with Crippen LogP contribution in [0.2, 0.25) is 0 Å². The molecule has 0 spiro atoms. The molecule has 0 atom stereocenters. The molecule has 1 aliphatic heterocycles. The molecule has 2 aromatic heterocycles. The molecule has 5 rings (SSSR count). The number of hydrogen-bond donors (Lipinski definition) is 0. The van der Waals surface area contributed by atoms with Gasteiger partial charge in [0.2, 0.25) is 0 Å². The summed E-state index contributed by atoms with van der Waals surface area (Å²) in [6.07, 6.45) is -0.585. The van der Waals surface area contributed by atoms with Gasteiger partial charge in [-0.25, -0.2) is 18.7 Å². The van der Waals surface area contributed by atoms with Crippen LogP contribution in [0.4, 0.5) is 14.6 Å². The van der Waals surface area contributed by atoms with Gasteiger partial charge in [-0.3, -0.25) is 4.90 Å². The molecule has 0 radical (unpaired) electrons. The van der Waals surface area contributed by atoms with Crippen molar-refractivity contribution in [3.63, 3.8) is 0 Å². The highest BCUT2D eigenvalue weighted by molar-refractivity contribution is 5.79. The summed E-state index contributed by atoms with van der Waals surface area (Å²) in [7, 11) is 0. The lowest BCUT2D eigenvalue weighted by Crippen LogP contribution is -2.46. The highest BCUT2D eigenvalue weighted by Crippen LogP contribution is 2.39. The van der Waals surface area contributed by atoms with Crippen LogP contribution in [0.5, 0.6) is 0 Å². The van der Waals surface area contributed by atoms with Gasteiger partial charge in [-0.1, -0.05) is 17.3 Å². The number of alkyl halides is 2. The molecule has 0 bridgehead atoms. The molecule has 1 saturated heterocycles. The molecule has 146 valence electrons. The molecule has 2 aliphatic rings. The van der Waals surface area contributed by atoms with Gasteiger partial charge in [0.25, 0.3) is 6.43 Å². The van der Waals surface area contributed by atoms with Gasteiger partial charge >= 0.3 is 0 Å². The second kappa shape index (κ2) is 7.09. The van der Waals surface area contributed by atoms with Crippen molar-refractivity contribution in [1.29, 1.82) is 0 Å². The highest BCUT2D eigenvalue weighted by atomic mass is 19.3. The lowest BCUT2D eigenvalue weighted by Gasteiger charge is -2.35. The summed E-state index contributed by atoms with van der Waals surface area (Å²) in [5.74, 6) is 1.45. The monoisotopic (exact) mass is 385 g/mol. The van der Waals surface area contributed by atoms with Gasteiger partial charge in [-0.2, -0.15) is 0 Å². The zero-order valence-electron chi connectivity index (χ0n) is 15.4. The zero-order chi connectivity index (χ0) is 19.1. The standard InChI is InChI=1S/C20H21F2N5O/c21-19(22)15-11-18(24-20(23-15)13-5-6-13)27-9-7-26(8-10-27)12-16-14-3-1-2-4-17(14)28-25-16/h1-4,11,13,19H,5-10,12H2. The molecule has 6 nitrogen and oxygen atoms in total. The van der Waals surface area contributed by atoms with Gasteiger partial charge in [0, 0.05) is 50.1 Å². The van der Waals surface area contributed by atoms with Crippen LogP contribution in [0.3, 0.4) is 0 Å². The van der Waals surface area contributed by atoms with E-state index in [1.165, 1.54) is 6.07 Å². The van der Waals surface area contributed by atoms with E-state index in [-0.39, 0.29) is 11.6 Å². The lowest BCUT2D eigenvalue weighted by atomic mass is 10.2. The van der Waals surface area contributed by atoms with E-state index in [4.69, 9.17) is 4.52 Å². The average molecular weight is 385 g/mol. The summed E-state index contributed by atoms with van der Waals surface area (Å²) in [6.45, 7) is 3.81. The smallest absolute Gasteiger partial charge is 0.280 e. The fourth-order valence-electron chi connectivity index (χ4n) is 3.67. The summed E-state index contributed by atoms with van der Waals surface area (Å²) >= 11 is 0. The Hall–Kier alpha value is -2.61. The van der Waals surface area contributed by atoms with Crippen LogP contribution in [0.1, 0.15) is 42.4 Å². The SMILES string of the molecule is FC(F)c1cc(N2CCN(Cc3noc4ccccc34)CC2)nc(C2CC2)n1. The van der Waals surface area contributed by atoms with E-state index in [1.54, 1.807) is 0 Å². The Balaban J connectivity index is 1.28. The molecule has 3 heterocycles. The van der Waals surface area contributed by atoms with Crippen molar-refractivity contribution in [2.24, 2.45) is 0 Å². The van der Waals surface area contributed by atoms with Crippen LogP contribution in [0, 0.1) is 0 Å². The van der Waals surface area contributed by atoms with Crippen LogP contribution in [0.25, 0.3) is 11.0 Å². The summed E-state index contributed by atoms with van der Waals surface area (Å²) < 4.78 is 31.9. The highest BCUT2D eigenvalue weighted by Gasteiger charge is 2.30. The Morgan fingerprint density at radius 2 is 1.86 bits per heavy atom. The first-order chi connectivity index (χ1) is 13.7. The van der Waals surface area contributed by atoms with Crippen LogP contribution in [-0.2, 0) is 6.54 Å². The summed E-state index contributed by atoms with van der Waals surface area (Å²) in [6, 6.07) is 9.29. The predicted molar refractivity (Wildman–Crippen MR) is 100 cm³/mol. The maximum absolute atomic E-state index is 13.2. The fourth-order valence-corrected chi connectivity index (χ4v) is 3.67. The van der Waals surface area contributed by atoms with Gasteiger partial charge in [-0.05, 0) is 25.0 Å². The number of aromatic nitrogens is 3. The van der Waals surface area contributed by atoms with E-state index < -0.39 is 6.43 Å². The van der Waals surface area contributed by atoms with Gasteiger partial charge in [0.05, 0.1) is 0 Å². The number of piperazine rings is 1. The largest absolute Gasteiger partial charge is 0.356 e. The van der Waals surface area contributed by atoms with E-state index in [1.807, 2.05) is 24.3 Å². The topological polar surface area (TPSA) is 58.3 Å². The molecular formula is C20H21F2N5O. The molecule has 1 saturated carbocycles. The van der Waals surface area contributed by atoms with Crippen LogP contribution < -0.4 is 4.90 Å². The first-order valence-electron chi connectivity index (χ1n) is 9.65. The normalized spacial score (nSPS) is 18.3. The number of anilines is 1. The molecular weight excluding hydrogens is 364 g/mol. The van der Waals surface area contributed by atoms with Crippen molar-refractivity contribution >= 4 is 16.8 Å². The zero-order valence-corrected chi connectivity index (χ0v) is 15.4. The predicted octanol–water partition coefficient (Wildman–Crippen LogP) is 3.76. The Morgan fingerprint density at radius 3 is 2.61 bits per heavy atom. The average Bonchev–Trinajstić information content (AvgIpc) is 3.50. The first-order valence-corrected chi connectivity index (χ1v) is 9.65. The summed E-state index contributed by atoms with van der Waals surface area (Å²) in [5, 5.41) is 5.24. The Morgan fingerprint density at radius 1 is 1.07 bits per heavy atom.